The number of methoxy groups -OCH3 is 1. The molecule has 4 aliphatic rings. The average Bonchev–Trinajstić information content (AvgIpc) is 3.52. The molecule has 2 aromatic carbocycles. The smallest absolute Gasteiger partial charge is 0.471 e. The number of hydrogen-bond acceptors (Lipinski definition) is 11. The van der Waals surface area contributed by atoms with Gasteiger partial charge in [0.2, 0.25) is 12.7 Å². The van der Waals surface area contributed by atoms with Crippen molar-refractivity contribution in [1.82, 2.24) is 20.4 Å². The summed E-state index contributed by atoms with van der Waals surface area (Å²) in [5.41, 5.74) is 3.76. The summed E-state index contributed by atoms with van der Waals surface area (Å²) in [5, 5.41) is 26.7. The van der Waals surface area contributed by atoms with Crippen LogP contribution in [0.5, 0.6) is 28.7 Å². The minimum absolute atomic E-state index is 0.0323. The lowest BCUT2D eigenvalue weighted by Gasteiger charge is -2.60. The van der Waals surface area contributed by atoms with Crippen LogP contribution in [0.15, 0.2) is 6.07 Å². The largest absolute Gasteiger partial charge is 0.504 e. The Hall–Kier alpha value is -4.75. The summed E-state index contributed by atoms with van der Waals surface area (Å²) in [6.45, 7) is 5.55. The van der Waals surface area contributed by atoms with Gasteiger partial charge in [0.05, 0.1) is 25.3 Å². The van der Waals surface area contributed by atoms with E-state index in [9.17, 15) is 37.9 Å². The van der Waals surface area contributed by atoms with Crippen molar-refractivity contribution in [1.29, 1.82) is 5.26 Å². The Morgan fingerprint density at radius 2 is 1.84 bits per heavy atom. The number of piperazine rings is 1. The van der Waals surface area contributed by atoms with Gasteiger partial charge in [-0.25, -0.2) is 0 Å². The molecule has 0 saturated carbocycles. The maximum absolute atomic E-state index is 13.2. The van der Waals surface area contributed by atoms with Crippen molar-refractivity contribution >= 4 is 17.8 Å². The van der Waals surface area contributed by atoms with Crippen molar-refractivity contribution in [2.24, 2.45) is 0 Å². The van der Waals surface area contributed by atoms with Crippen molar-refractivity contribution in [3.63, 3.8) is 0 Å². The minimum Gasteiger partial charge on any atom is -0.504 e. The number of nitrogens with one attached hydrogen (secondary N) is 2. The SMILES string of the molecule is COc1c(C)cc2c(c1O)C1C3Cc4c(OC(C)=O)c(C)c5c(c4[C@H](CNC(=O)[C@@H](C)NC(=O)C(F)(F)F)N3[C@@H](C#N)[C@H](C2)N1C)OCO5. The molecule has 0 aromatic heterocycles. The molecule has 2 unspecified atom stereocenters. The van der Waals surface area contributed by atoms with E-state index >= 15 is 0 Å². The molecule has 16 heteroatoms. The fourth-order valence-corrected chi connectivity index (χ4v) is 8.01. The summed E-state index contributed by atoms with van der Waals surface area (Å²) >= 11 is 0. The topological polar surface area (TPSA) is 163 Å². The predicted molar refractivity (Wildman–Crippen MR) is 164 cm³/mol. The summed E-state index contributed by atoms with van der Waals surface area (Å²) in [6.07, 6.45) is -4.57. The molecule has 2 aromatic rings. The molecule has 0 spiro atoms. The average molecular weight is 688 g/mol. The van der Waals surface area contributed by atoms with E-state index in [0.29, 0.717) is 45.9 Å². The van der Waals surface area contributed by atoms with Gasteiger partial charge in [0, 0.05) is 47.8 Å². The molecule has 6 atom stereocenters. The number of likely N-dealkylation sites (N-methyl/N-ethyl adjacent to an activating group) is 1. The lowest BCUT2D eigenvalue weighted by molar-refractivity contribution is -0.174. The van der Waals surface area contributed by atoms with Crippen molar-refractivity contribution in [2.45, 2.75) is 83.0 Å². The van der Waals surface area contributed by atoms with Crippen molar-refractivity contribution in [2.75, 3.05) is 27.5 Å². The van der Waals surface area contributed by atoms with Crippen LogP contribution in [0.4, 0.5) is 13.2 Å². The summed E-state index contributed by atoms with van der Waals surface area (Å²) in [7, 11) is 3.34. The number of esters is 1. The number of nitrogens with zero attached hydrogens (tertiary/aromatic N) is 3. The Kier molecular flexibility index (Phi) is 8.56. The maximum Gasteiger partial charge on any atom is 0.471 e. The predicted octanol–water partition coefficient (Wildman–Crippen LogP) is 2.63. The lowest BCUT2D eigenvalue weighted by Crippen LogP contribution is -2.69. The zero-order valence-electron chi connectivity index (χ0n) is 27.7. The molecular formula is C33H36F3N5O8. The van der Waals surface area contributed by atoms with Crippen LogP contribution in [-0.4, -0.2) is 90.5 Å². The van der Waals surface area contributed by atoms with Crippen LogP contribution in [0.25, 0.3) is 0 Å². The number of phenols is 1. The number of aromatic hydroxyl groups is 1. The molecular weight excluding hydrogens is 651 g/mol. The van der Waals surface area contributed by atoms with E-state index in [2.05, 4.69) is 11.4 Å². The molecule has 13 nitrogen and oxygen atoms in total. The highest BCUT2D eigenvalue weighted by Gasteiger charge is 2.57. The number of rotatable bonds is 6. The van der Waals surface area contributed by atoms with Crippen LogP contribution < -0.4 is 29.6 Å². The van der Waals surface area contributed by atoms with E-state index in [-0.39, 0.29) is 37.3 Å². The number of halogens is 3. The minimum atomic E-state index is -5.19. The van der Waals surface area contributed by atoms with E-state index in [4.69, 9.17) is 18.9 Å². The Bertz CT molecular complexity index is 1790. The number of carbonyl (C=O) groups is 3. The van der Waals surface area contributed by atoms with Gasteiger partial charge in [-0.3, -0.25) is 24.2 Å². The van der Waals surface area contributed by atoms with E-state index in [0.717, 1.165) is 18.1 Å². The highest BCUT2D eigenvalue weighted by Crippen LogP contribution is 2.58. The number of carbonyl (C=O) groups excluding carboxylic acids is 3. The molecule has 262 valence electrons. The van der Waals surface area contributed by atoms with Gasteiger partial charge in [-0.05, 0) is 51.8 Å². The van der Waals surface area contributed by atoms with E-state index < -0.39 is 54.2 Å². The third kappa shape index (κ3) is 5.45. The number of nitriles is 1. The number of aryl methyl sites for hydroxylation is 1. The van der Waals surface area contributed by atoms with Gasteiger partial charge in [0.25, 0.3) is 0 Å². The second-order valence-corrected chi connectivity index (χ2v) is 12.8. The monoisotopic (exact) mass is 687 g/mol. The highest BCUT2D eigenvalue weighted by atomic mass is 19.4. The third-order valence-corrected chi connectivity index (χ3v) is 9.98. The summed E-state index contributed by atoms with van der Waals surface area (Å²) in [6, 6.07) is -0.231. The van der Waals surface area contributed by atoms with E-state index in [1.165, 1.54) is 14.0 Å². The first-order valence-corrected chi connectivity index (χ1v) is 15.7. The van der Waals surface area contributed by atoms with Gasteiger partial charge < -0.3 is 34.7 Å². The number of alkyl halides is 3. The van der Waals surface area contributed by atoms with Crippen LogP contribution in [0.3, 0.4) is 0 Å². The lowest BCUT2D eigenvalue weighted by atomic mass is 9.71. The normalized spacial score (nSPS) is 24.4. The van der Waals surface area contributed by atoms with Gasteiger partial charge in [0.15, 0.2) is 23.0 Å². The Morgan fingerprint density at radius 3 is 2.47 bits per heavy atom. The summed E-state index contributed by atoms with van der Waals surface area (Å²) in [5.74, 6) is -2.58. The Balaban J connectivity index is 1.52. The van der Waals surface area contributed by atoms with Crippen molar-refractivity contribution in [3.8, 4) is 34.8 Å². The summed E-state index contributed by atoms with van der Waals surface area (Å²) < 4.78 is 61.9. The molecule has 1 fully saturated rings. The van der Waals surface area contributed by atoms with Gasteiger partial charge in [0.1, 0.15) is 17.8 Å². The summed E-state index contributed by atoms with van der Waals surface area (Å²) in [4.78, 5) is 41.2. The van der Waals surface area contributed by atoms with Crippen LogP contribution >= 0.6 is 0 Å². The number of ether oxygens (including phenoxy) is 4. The number of hydrogen-bond donors (Lipinski definition) is 3. The zero-order valence-corrected chi connectivity index (χ0v) is 27.7. The molecule has 4 heterocycles. The van der Waals surface area contributed by atoms with Crippen LogP contribution in [0.1, 0.15) is 59.3 Å². The first kappa shape index (κ1) is 34.1. The van der Waals surface area contributed by atoms with E-state index in [1.54, 1.807) is 12.2 Å². The molecule has 2 amide bonds. The molecule has 0 radical (unpaired) electrons. The number of amides is 2. The number of fused-ring (bicyclic) bond motifs is 9. The van der Waals surface area contributed by atoms with Crippen LogP contribution in [-0.2, 0) is 27.2 Å². The van der Waals surface area contributed by atoms with Crippen molar-refractivity contribution in [3.05, 3.63) is 39.4 Å². The quantitative estimate of drug-likeness (QED) is 0.302. The molecule has 49 heavy (non-hydrogen) atoms. The third-order valence-electron chi connectivity index (χ3n) is 9.98. The molecule has 0 aliphatic carbocycles. The van der Waals surface area contributed by atoms with Gasteiger partial charge in [-0.1, -0.05) is 6.07 Å². The Labute approximate surface area is 279 Å². The maximum atomic E-state index is 13.2. The second kappa shape index (κ2) is 12.3. The fraction of sp³-hybridized carbons (Fsp3) is 0.515. The second-order valence-electron chi connectivity index (χ2n) is 12.8. The van der Waals surface area contributed by atoms with Crippen LogP contribution in [0.2, 0.25) is 0 Å². The number of phenolic OH excluding ortho intramolecular Hbond substituents is 1. The highest BCUT2D eigenvalue weighted by molar-refractivity contribution is 5.89. The van der Waals surface area contributed by atoms with Crippen LogP contribution in [0, 0.1) is 25.2 Å². The van der Waals surface area contributed by atoms with E-state index in [1.807, 2.05) is 29.8 Å². The first-order valence-electron chi connectivity index (χ1n) is 15.7. The van der Waals surface area contributed by atoms with Gasteiger partial charge in [-0.2, -0.15) is 18.4 Å². The van der Waals surface area contributed by atoms with Gasteiger partial charge >= 0.3 is 18.1 Å². The molecule has 4 aliphatic heterocycles. The van der Waals surface area contributed by atoms with Crippen molar-refractivity contribution < 1.29 is 51.6 Å². The molecule has 2 bridgehead atoms. The van der Waals surface area contributed by atoms with Gasteiger partial charge in [-0.15, -0.1) is 0 Å². The number of benzene rings is 2. The fourth-order valence-electron chi connectivity index (χ4n) is 8.01. The molecule has 6 rings (SSSR count). The first-order chi connectivity index (χ1) is 23.1. The Morgan fingerprint density at radius 1 is 1.14 bits per heavy atom. The molecule has 1 saturated heterocycles. The zero-order chi connectivity index (χ0) is 35.7. The molecule has 3 N–H and O–H groups in total. The standard InChI is InChI=1S/C33H36F3N5O8/c1-13-7-17-8-19-21(10-37)41-20(25(40(19)5)23(17)26(43)27(13)46-6)9-18-24(30-29(47-12-48-30)14(2)28(18)49-16(4)42)22(41)11-38-31(44)15(3)39-32(45)33(34,35)36/h7,15,19-22,25,43H,8-9,11-12H2,1-6H3,(H,38,44)(H,39,45)/t15-,19+,20?,21+,22+,25?/m1/s1.